The molecule has 0 saturated heterocycles. The van der Waals surface area contributed by atoms with Crippen molar-refractivity contribution < 1.29 is 8.83 Å². The molecule has 0 bridgehead atoms. The smallest absolute Gasteiger partial charge is 0.347 e. The molecule has 7 aromatic rings. The van der Waals surface area contributed by atoms with Crippen LogP contribution in [0.25, 0.3) is 44.7 Å². The number of fused-ring (bicyclic) bond motifs is 2. The average molecular weight is 585 g/mol. The molecule has 7 rings (SSSR count). The van der Waals surface area contributed by atoms with Crippen LogP contribution in [0.5, 0.6) is 0 Å². The Morgan fingerprint density at radius 1 is 0.452 bits per heavy atom. The zero-order valence-electron chi connectivity index (χ0n) is 21.9. The molecular weight excluding hydrogens is 565 g/mol. The first kappa shape index (κ1) is 26.0. The minimum atomic E-state index is -0.457. The monoisotopic (exact) mass is 584 g/mol. The van der Waals surface area contributed by atoms with Gasteiger partial charge in [0, 0.05) is 30.7 Å². The molecular formula is C34H20N2O4S2. The molecule has 0 saturated carbocycles. The Balaban J connectivity index is 1.15. The third kappa shape index (κ3) is 5.37. The largest absolute Gasteiger partial charge is 0.403 e. The van der Waals surface area contributed by atoms with Gasteiger partial charge in [-0.15, -0.1) is 0 Å². The molecule has 0 N–H and O–H groups in total. The van der Waals surface area contributed by atoms with Gasteiger partial charge in [0.2, 0.25) is 11.8 Å². The number of aromatic nitrogens is 2. The summed E-state index contributed by atoms with van der Waals surface area (Å²) in [6.45, 7) is 0. The summed E-state index contributed by atoms with van der Waals surface area (Å²) in [7, 11) is 0. The van der Waals surface area contributed by atoms with Gasteiger partial charge in [-0.3, -0.25) is 0 Å². The average Bonchev–Trinajstić information content (AvgIpc) is 3.02. The van der Waals surface area contributed by atoms with Crippen molar-refractivity contribution in [2.24, 2.45) is 0 Å². The van der Waals surface area contributed by atoms with Crippen molar-refractivity contribution in [1.82, 2.24) is 9.97 Å². The van der Waals surface area contributed by atoms with E-state index in [-0.39, 0.29) is 11.8 Å². The van der Waals surface area contributed by atoms with Crippen LogP contribution in [0.4, 0.5) is 0 Å². The van der Waals surface area contributed by atoms with Gasteiger partial charge in [0.1, 0.15) is 0 Å². The molecule has 0 amide bonds. The van der Waals surface area contributed by atoms with Crippen molar-refractivity contribution in [1.29, 1.82) is 0 Å². The highest BCUT2D eigenvalue weighted by Crippen LogP contribution is 2.31. The van der Waals surface area contributed by atoms with Gasteiger partial charge in [0.25, 0.3) is 0 Å². The third-order valence-electron chi connectivity index (χ3n) is 6.54. The zero-order chi connectivity index (χ0) is 28.5. The molecule has 6 nitrogen and oxygen atoms in total. The van der Waals surface area contributed by atoms with E-state index in [9.17, 15) is 9.59 Å². The normalized spacial score (nSPS) is 11.2. The molecule has 2 heterocycles. The summed E-state index contributed by atoms with van der Waals surface area (Å²) in [6, 6.07) is 38.1. The number of nitrogens with zero attached hydrogens (tertiary/aromatic N) is 2. The first-order chi connectivity index (χ1) is 20.6. The Kier molecular flexibility index (Phi) is 6.91. The lowest BCUT2D eigenvalue weighted by molar-refractivity contribution is 0.516. The molecule has 2 aromatic heterocycles. The van der Waals surface area contributed by atoms with E-state index in [0.29, 0.717) is 32.9 Å². The van der Waals surface area contributed by atoms with Crippen LogP contribution in [0.3, 0.4) is 0 Å². The van der Waals surface area contributed by atoms with Crippen LogP contribution in [-0.4, -0.2) is 9.97 Å². The number of benzene rings is 5. The molecule has 5 aromatic carbocycles. The van der Waals surface area contributed by atoms with Crippen LogP contribution < -0.4 is 11.3 Å². The molecule has 8 heteroatoms. The summed E-state index contributed by atoms with van der Waals surface area (Å²) in [6.07, 6.45) is 0. The fourth-order valence-electron chi connectivity index (χ4n) is 4.48. The van der Waals surface area contributed by atoms with E-state index in [0.717, 1.165) is 19.6 Å². The predicted octanol–water partition coefficient (Wildman–Crippen LogP) is 8.33. The van der Waals surface area contributed by atoms with Crippen LogP contribution in [0, 0.1) is 0 Å². The van der Waals surface area contributed by atoms with Gasteiger partial charge in [-0.1, -0.05) is 59.9 Å². The van der Waals surface area contributed by atoms with Crippen LogP contribution >= 0.6 is 23.5 Å². The van der Waals surface area contributed by atoms with E-state index >= 15 is 0 Å². The second-order valence-electron chi connectivity index (χ2n) is 9.38. The SMILES string of the molecule is O=c1oc(-c2ccc(-c3nc4ccc(Sc5ccccc5)cc4c(=O)o3)cc2)nc2ccc(Sc3ccccc3)cc12. The lowest BCUT2D eigenvalue weighted by atomic mass is 10.1. The highest BCUT2D eigenvalue weighted by molar-refractivity contribution is 7.99. The fourth-order valence-corrected chi connectivity index (χ4v) is 6.24. The zero-order valence-corrected chi connectivity index (χ0v) is 23.5. The summed E-state index contributed by atoms with van der Waals surface area (Å²) in [5.74, 6) is 0.415. The Morgan fingerprint density at radius 3 is 1.26 bits per heavy atom. The molecule has 0 aliphatic carbocycles. The van der Waals surface area contributed by atoms with Gasteiger partial charge >= 0.3 is 11.3 Å². The number of hydrogen-bond acceptors (Lipinski definition) is 8. The predicted molar refractivity (Wildman–Crippen MR) is 166 cm³/mol. The van der Waals surface area contributed by atoms with Crippen molar-refractivity contribution in [3.8, 4) is 22.9 Å². The highest BCUT2D eigenvalue weighted by atomic mass is 32.2. The first-order valence-corrected chi connectivity index (χ1v) is 14.7. The second kappa shape index (κ2) is 11.2. The number of hydrogen-bond donors (Lipinski definition) is 0. The standard InChI is InChI=1S/C34H20N2O4S2/c37-33-27-19-25(41-23-7-3-1-4-8-23)15-17-29(27)35-31(39-33)21-11-13-22(14-12-21)32-36-30-18-16-26(20-28(30)34(38)40-32)42-24-9-5-2-6-10-24/h1-20H. The van der Waals surface area contributed by atoms with Gasteiger partial charge in [-0.2, -0.15) is 0 Å². The summed E-state index contributed by atoms with van der Waals surface area (Å²) in [5.41, 5.74) is 1.42. The minimum Gasteiger partial charge on any atom is -0.403 e. The van der Waals surface area contributed by atoms with Crippen LogP contribution in [0.1, 0.15) is 0 Å². The molecule has 0 unspecified atom stereocenters. The van der Waals surface area contributed by atoms with Gasteiger partial charge < -0.3 is 8.83 Å². The Hall–Kier alpha value is -4.92. The number of rotatable bonds is 6. The van der Waals surface area contributed by atoms with E-state index in [1.807, 2.05) is 84.9 Å². The molecule has 42 heavy (non-hydrogen) atoms. The molecule has 0 aliphatic heterocycles. The maximum atomic E-state index is 12.9. The van der Waals surface area contributed by atoms with Crippen LogP contribution in [0.2, 0.25) is 0 Å². The molecule has 0 atom stereocenters. The Labute approximate surface area is 248 Å². The van der Waals surface area contributed by atoms with Crippen molar-refractivity contribution in [2.75, 3.05) is 0 Å². The second-order valence-corrected chi connectivity index (χ2v) is 11.7. The Bertz CT molecular complexity index is 2020. The van der Waals surface area contributed by atoms with Crippen molar-refractivity contribution in [3.05, 3.63) is 142 Å². The molecule has 0 radical (unpaired) electrons. The fraction of sp³-hybridized carbons (Fsp3) is 0. The van der Waals surface area contributed by atoms with Gasteiger partial charge in [-0.05, 0) is 84.9 Å². The topological polar surface area (TPSA) is 86.2 Å². The Morgan fingerprint density at radius 2 is 0.857 bits per heavy atom. The van der Waals surface area contributed by atoms with E-state index < -0.39 is 11.3 Å². The van der Waals surface area contributed by atoms with Gasteiger partial charge in [0.15, 0.2) is 0 Å². The molecule has 0 fully saturated rings. The maximum Gasteiger partial charge on any atom is 0.347 e. The summed E-state index contributed by atoms with van der Waals surface area (Å²) in [4.78, 5) is 38.9. The van der Waals surface area contributed by atoms with E-state index in [2.05, 4.69) is 9.97 Å². The van der Waals surface area contributed by atoms with E-state index in [1.165, 1.54) is 0 Å². The van der Waals surface area contributed by atoms with Crippen molar-refractivity contribution in [3.63, 3.8) is 0 Å². The van der Waals surface area contributed by atoms with E-state index in [1.54, 1.807) is 59.9 Å². The lowest BCUT2D eigenvalue weighted by Gasteiger charge is -2.06. The summed E-state index contributed by atoms with van der Waals surface area (Å²) in [5, 5.41) is 0.840. The van der Waals surface area contributed by atoms with Crippen LogP contribution in [-0.2, 0) is 0 Å². The van der Waals surface area contributed by atoms with Crippen molar-refractivity contribution in [2.45, 2.75) is 19.6 Å². The van der Waals surface area contributed by atoms with Crippen LogP contribution in [0.15, 0.2) is 159 Å². The molecule has 0 spiro atoms. The highest BCUT2D eigenvalue weighted by Gasteiger charge is 2.13. The van der Waals surface area contributed by atoms with E-state index in [4.69, 9.17) is 8.83 Å². The first-order valence-electron chi connectivity index (χ1n) is 13.1. The minimum absolute atomic E-state index is 0.207. The quantitative estimate of drug-likeness (QED) is 0.193. The van der Waals surface area contributed by atoms with Crippen molar-refractivity contribution >= 4 is 45.3 Å². The van der Waals surface area contributed by atoms with Gasteiger partial charge in [0.05, 0.1) is 21.8 Å². The lowest BCUT2D eigenvalue weighted by Crippen LogP contribution is -2.04. The van der Waals surface area contributed by atoms with Gasteiger partial charge in [-0.25, -0.2) is 19.6 Å². The third-order valence-corrected chi connectivity index (χ3v) is 8.53. The maximum absolute atomic E-state index is 12.9. The summed E-state index contributed by atoms with van der Waals surface area (Å²) >= 11 is 3.13. The summed E-state index contributed by atoms with van der Waals surface area (Å²) < 4.78 is 11.2. The molecule has 0 aliphatic rings. The molecule has 202 valence electrons.